The molecule has 20 heavy (non-hydrogen) atoms. The molecule has 1 aromatic carbocycles. The van der Waals surface area contributed by atoms with Crippen molar-refractivity contribution in [3.05, 3.63) is 24.3 Å². The Morgan fingerprint density at radius 2 is 1.90 bits per heavy atom. The number of carbonyl (C=O) groups is 1. The third kappa shape index (κ3) is 3.60. The zero-order valence-electron chi connectivity index (χ0n) is 11.9. The van der Waals surface area contributed by atoms with Gasteiger partial charge in [-0.2, -0.15) is 0 Å². The topological polar surface area (TPSA) is 77.3 Å². The average molecular weight is 273 g/mol. The van der Waals surface area contributed by atoms with Crippen molar-refractivity contribution in [2.45, 2.75) is 26.4 Å². The number of anilines is 1. The van der Waals surface area contributed by atoms with Gasteiger partial charge in [-0.1, -0.05) is 29.7 Å². The van der Waals surface area contributed by atoms with E-state index in [1.165, 1.54) is 0 Å². The molecule has 0 atom stereocenters. The lowest BCUT2D eigenvalue weighted by molar-refractivity contribution is 0.0634. The van der Waals surface area contributed by atoms with Crippen LogP contribution in [0.1, 0.15) is 20.8 Å². The molecule has 1 N–H and O–H groups in total. The van der Waals surface area contributed by atoms with E-state index in [-0.39, 0.29) is 5.82 Å². The Balaban J connectivity index is 2.17. The van der Waals surface area contributed by atoms with Crippen LogP contribution < -0.4 is 10.8 Å². The highest BCUT2D eigenvalue weighted by Gasteiger charge is 2.20. The number of amides is 1. The average Bonchev–Trinajstić information content (AvgIpc) is 2.75. The highest BCUT2D eigenvalue weighted by Crippen LogP contribution is 2.23. The van der Waals surface area contributed by atoms with E-state index < -0.39 is 11.7 Å². The lowest BCUT2D eigenvalue weighted by atomic mass is 9.95. The molecular weight excluding hydrogens is 257 g/mol. The van der Waals surface area contributed by atoms with Crippen molar-refractivity contribution >= 4 is 25.2 Å². The van der Waals surface area contributed by atoms with E-state index in [1.54, 1.807) is 20.8 Å². The number of nitrogens with one attached hydrogen (secondary N) is 1. The number of hydrogen-bond acceptors (Lipinski definition) is 5. The zero-order valence-corrected chi connectivity index (χ0v) is 11.9. The van der Waals surface area contributed by atoms with Crippen LogP contribution in [0, 0.1) is 0 Å². The van der Waals surface area contributed by atoms with Crippen molar-refractivity contribution in [3.8, 4) is 11.3 Å². The van der Waals surface area contributed by atoms with E-state index in [0.29, 0.717) is 5.69 Å². The Hall–Kier alpha value is -2.31. The Bertz CT molecular complexity index is 602. The van der Waals surface area contributed by atoms with Crippen LogP contribution in [0.25, 0.3) is 11.3 Å². The second-order valence-electron chi connectivity index (χ2n) is 5.45. The molecule has 104 valence electrons. The fraction of sp³-hybridized carbons (Fsp3) is 0.308. The van der Waals surface area contributed by atoms with E-state index in [0.717, 1.165) is 11.0 Å². The molecule has 0 aliphatic heterocycles. The Morgan fingerprint density at radius 3 is 2.50 bits per heavy atom. The number of rotatable bonds is 2. The predicted molar refractivity (Wildman–Crippen MR) is 77.8 cm³/mol. The van der Waals surface area contributed by atoms with Crippen molar-refractivity contribution < 1.29 is 14.2 Å². The first kappa shape index (κ1) is 14.1. The van der Waals surface area contributed by atoms with Gasteiger partial charge in [0, 0.05) is 5.56 Å². The molecule has 0 saturated carbocycles. The van der Waals surface area contributed by atoms with Crippen LogP contribution in [0.3, 0.4) is 0 Å². The van der Waals surface area contributed by atoms with Crippen molar-refractivity contribution in [1.82, 2.24) is 10.3 Å². The van der Waals surface area contributed by atoms with Crippen molar-refractivity contribution in [2.24, 2.45) is 0 Å². The van der Waals surface area contributed by atoms with Crippen molar-refractivity contribution in [3.63, 3.8) is 0 Å². The van der Waals surface area contributed by atoms with Gasteiger partial charge in [-0.3, -0.25) is 5.32 Å². The van der Waals surface area contributed by atoms with Crippen LogP contribution in [0.15, 0.2) is 28.9 Å². The van der Waals surface area contributed by atoms with Gasteiger partial charge in [0.05, 0.1) is 0 Å². The molecular formula is C13H16BN3O3. The number of carbonyl (C=O) groups excluding carboxylic acids is 1. The van der Waals surface area contributed by atoms with Crippen LogP contribution in [-0.2, 0) is 4.74 Å². The number of ether oxygens (including phenoxy) is 1. The quantitative estimate of drug-likeness (QED) is 0.835. The van der Waals surface area contributed by atoms with Crippen LogP contribution in [0.4, 0.5) is 10.6 Å². The summed E-state index contributed by atoms with van der Waals surface area (Å²) in [5.41, 5.74) is 1.83. The molecule has 2 rings (SSSR count). The zero-order chi connectivity index (χ0) is 14.8. The molecule has 0 fully saturated rings. The normalized spacial score (nSPS) is 11.2. The summed E-state index contributed by atoms with van der Waals surface area (Å²) < 4.78 is 9.85. The van der Waals surface area contributed by atoms with E-state index >= 15 is 0 Å². The van der Waals surface area contributed by atoms with Gasteiger partial charge in [-0.05, 0) is 31.1 Å². The highest BCUT2D eigenvalue weighted by molar-refractivity contribution is 6.32. The van der Waals surface area contributed by atoms with Crippen LogP contribution >= 0.6 is 0 Å². The number of benzene rings is 1. The maximum absolute atomic E-state index is 11.7. The summed E-state index contributed by atoms with van der Waals surface area (Å²) in [6, 6.07) is 7.66. The standard InChI is InChI=1S/C13H16BN3O3/c1-13(2,3)19-12(18)15-11-10(16-20-17-11)8-4-6-9(14)7-5-8/h4-7H,14H2,1-3H3,(H,15,17,18). The minimum Gasteiger partial charge on any atom is -0.444 e. The van der Waals surface area contributed by atoms with E-state index in [1.807, 2.05) is 32.1 Å². The SMILES string of the molecule is Bc1ccc(-c2nonc2NC(=O)OC(C)(C)C)cc1. The molecule has 0 aliphatic rings. The Labute approximate surface area is 117 Å². The maximum Gasteiger partial charge on any atom is 0.413 e. The third-order valence-electron chi connectivity index (χ3n) is 2.43. The van der Waals surface area contributed by atoms with Crippen LogP contribution in [0.5, 0.6) is 0 Å². The van der Waals surface area contributed by atoms with Crippen LogP contribution in [-0.4, -0.2) is 29.9 Å². The van der Waals surface area contributed by atoms with Gasteiger partial charge in [-0.25, -0.2) is 9.42 Å². The lowest BCUT2D eigenvalue weighted by Gasteiger charge is -2.19. The molecule has 0 unspecified atom stereocenters. The molecule has 0 spiro atoms. The summed E-state index contributed by atoms with van der Waals surface area (Å²) in [6.07, 6.45) is -0.596. The van der Waals surface area contributed by atoms with Gasteiger partial charge < -0.3 is 4.74 Å². The molecule has 0 radical (unpaired) electrons. The van der Waals surface area contributed by atoms with Gasteiger partial charge in [0.15, 0.2) is 5.69 Å². The van der Waals surface area contributed by atoms with Gasteiger partial charge in [0.25, 0.3) is 0 Å². The van der Waals surface area contributed by atoms with Gasteiger partial charge >= 0.3 is 6.09 Å². The lowest BCUT2D eigenvalue weighted by Crippen LogP contribution is -2.27. The molecule has 2 aromatic rings. The smallest absolute Gasteiger partial charge is 0.413 e. The first-order valence-corrected chi connectivity index (χ1v) is 6.25. The fourth-order valence-electron chi connectivity index (χ4n) is 1.57. The summed E-state index contributed by atoms with van der Waals surface area (Å²) in [4.78, 5) is 11.7. The Morgan fingerprint density at radius 1 is 1.25 bits per heavy atom. The number of aromatic nitrogens is 2. The van der Waals surface area contributed by atoms with Crippen molar-refractivity contribution in [2.75, 3.05) is 5.32 Å². The maximum atomic E-state index is 11.7. The fourth-order valence-corrected chi connectivity index (χ4v) is 1.57. The first-order chi connectivity index (χ1) is 9.35. The monoisotopic (exact) mass is 273 g/mol. The van der Waals surface area contributed by atoms with E-state index in [9.17, 15) is 4.79 Å². The second-order valence-corrected chi connectivity index (χ2v) is 5.45. The summed E-state index contributed by atoms with van der Waals surface area (Å²) >= 11 is 0. The van der Waals surface area contributed by atoms with E-state index in [2.05, 4.69) is 15.6 Å². The molecule has 1 aromatic heterocycles. The third-order valence-corrected chi connectivity index (χ3v) is 2.43. The largest absolute Gasteiger partial charge is 0.444 e. The summed E-state index contributed by atoms with van der Waals surface area (Å²) in [6.45, 7) is 5.36. The summed E-state index contributed by atoms with van der Waals surface area (Å²) in [5.74, 6) is 0.239. The second kappa shape index (κ2) is 5.36. The first-order valence-electron chi connectivity index (χ1n) is 6.25. The number of nitrogens with zero attached hydrogens (tertiary/aromatic N) is 2. The summed E-state index contributed by atoms with van der Waals surface area (Å²) in [5, 5.41) is 10.0. The Kier molecular flexibility index (Phi) is 3.78. The molecule has 0 saturated heterocycles. The highest BCUT2D eigenvalue weighted by atomic mass is 16.6. The van der Waals surface area contributed by atoms with Gasteiger partial charge in [0.1, 0.15) is 13.4 Å². The molecule has 1 amide bonds. The van der Waals surface area contributed by atoms with Gasteiger partial charge in [0.2, 0.25) is 5.82 Å². The molecule has 0 aliphatic carbocycles. The van der Waals surface area contributed by atoms with Crippen LogP contribution in [0.2, 0.25) is 0 Å². The minimum absolute atomic E-state index is 0.239. The number of hydrogen-bond donors (Lipinski definition) is 1. The minimum atomic E-state index is -0.596. The summed E-state index contributed by atoms with van der Waals surface area (Å²) in [7, 11) is 1.99. The molecule has 7 heteroatoms. The molecule has 0 bridgehead atoms. The van der Waals surface area contributed by atoms with Gasteiger partial charge in [-0.15, -0.1) is 0 Å². The van der Waals surface area contributed by atoms with Crippen molar-refractivity contribution in [1.29, 1.82) is 0 Å². The predicted octanol–water partition coefficient (Wildman–Crippen LogP) is 1.34. The molecule has 1 heterocycles. The van der Waals surface area contributed by atoms with E-state index in [4.69, 9.17) is 9.37 Å². The molecule has 6 nitrogen and oxygen atoms in total.